The van der Waals surface area contributed by atoms with Crippen LogP contribution in [-0.4, -0.2) is 28.7 Å². The molecule has 0 radical (unpaired) electrons. The first-order chi connectivity index (χ1) is 8.34. The van der Waals surface area contributed by atoms with E-state index in [0.29, 0.717) is 11.5 Å². The molecule has 9 heteroatoms. The van der Waals surface area contributed by atoms with Crippen molar-refractivity contribution in [2.45, 2.75) is 0 Å². The number of methoxy groups -OCH3 is 2. The van der Waals surface area contributed by atoms with Gasteiger partial charge in [-0.3, -0.25) is 0 Å². The van der Waals surface area contributed by atoms with Crippen LogP contribution in [-0.2, 0) is 9.24 Å². The Morgan fingerprint density at radius 1 is 1.11 bits per heavy atom. The molecule has 0 saturated heterocycles. The number of carbonyl (C=O) groups excluding carboxylic acids is 1. The normalized spacial score (nSPS) is 10.6. The fourth-order valence-electron chi connectivity index (χ4n) is 1.07. The van der Waals surface area contributed by atoms with Crippen molar-refractivity contribution in [1.82, 2.24) is 4.72 Å². The zero-order valence-electron chi connectivity index (χ0n) is 9.47. The van der Waals surface area contributed by atoms with Crippen LogP contribution < -0.4 is 18.9 Å². The van der Waals surface area contributed by atoms with Gasteiger partial charge < -0.3 is 14.2 Å². The third kappa shape index (κ3) is 4.68. The summed E-state index contributed by atoms with van der Waals surface area (Å²) >= 11 is 0. The van der Waals surface area contributed by atoms with Gasteiger partial charge in [-0.2, -0.15) is 8.42 Å². The molecule has 0 fully saturated rings. The molecule has 0 aliphatic carbocycles. The molecule has 0 saturated carbocycles. The highest BCUT2D eigenvalue weighted by molar-refractivity contribution is 8.12. The fraction of sp³-hybridized carbons (Fsp3) is 0.222. The second-order valence-electron chi connectivity index (χ2n) is 2.98. The van der Waals surface area contributed by atoms with Crippen molar-refractivity contribution >= 4 is 26.0 Å². The van der Waals surface area contributed by atoms with Gasteiger partial charge in [0.25, 0.3) is 0 Å². The number of benzene rings is 1. The molecular weight excluding hydrogens is 286 g/mol. The number of halogens is 1. The van der Waals surface area contributed by atoms with E-state index in [-0.39, 0.29) is 5.75 Å². The molecule has 1 aromatic rings. The number of hydrogen-bond donors (Lipinski definition) is 1. The van der Waals surface area contributed by atoms with Gasteiger partial charge in [-0.05, 0) is 0 Å². The number of hydrogen-bond acceptors (Lipinski definition) is 6. The molecule has 1 N–H and O–H groups in total. The zero-order valence-corrected chi connectivity index (χ0v) is 11.0. The molecule has 0 bridgehead atoms. The number of carbonyl (C=O) groups is 1. The van der Waals surface area contributed by atoms with Crippen LogP contribution in [0, 0.1) is 0 Å². The lowest BCUT2D eigenvalue weighted by molar-refractivity contribution is 0.206. The summed E-state index contributed by atoms with van der Waals surface area (Å²) in [6.07, 6.45) is -1.24. The highest BCUT2D eigenvalue weighted by Gasteiger charge is 2.13. The number of rotatable bonds is 4. The Morgan fingerprint density at radius 2 is 1.56 bits per heavy atom. The van der Waals surface area contributed by atoms with Crippen molar-refractivity contribution in [3.63, 3.8) is 0 Å². The number of ether oxygens (including phenoxy) is 3. The van der Waals surface area contributed by atoms with E-state index in [0.717, 1.165) is 0 Å². The first-order valence-electron chi connectivity index (χ1n) is 4.51. The molecule has 1 rings (SSSR count). The average molecular weight is 296 g/mol. The maximum absolute atomic E-state index is 11.1. The monoisotopic (exact) mass is 295 g/mol. The molecule has 18 heavy (non-hydrogen) atoms. The molecular formula is C9H10ClNO6S. The van der Waals surface area contributed by atoms with Crippen molar-refractivity contribution in [2.24, 2.45) is 0 Å². The van der Waals surface area contributed by atoms with Crippen LogP contribution in [0.25, 0.3) is 0 Å². The largest absolute Gasteiger partial charge is 0.496 e. The molecule has 0 unspecified atom stereocenters. The van der Waals surface area contributed by atoms with Crippen molar-refractivity contribution in [1.29, 1.82) is 0 Å². The lowest BCUT2D eigenvalue weighted by atomic mass is 10.3. The smallest absolute Gasteiger partial charge is 0.427 e. The minimum atomic E-state index is -4.19. The summed E-state index contributed by atoms with van der Waals surface area (Å²) in [4.78, 5) is 11.1. The number of amides is 1. The van der Waals surface area contributed by atoms with E-state index in [1.165, 1.54) is 31.1 Å². The summed E-state index contributed by atoms with van der Waals surface area (Å²) < 4.78 is 37.2. The second-order valence-corrected chi connectivity index (χ2v) is 5.28. The maximum atomic E-state index is 11.1. The minimum Gasteiger partial charge on any atom is -0.496 e. The van der Waals surface area contributed by atoms with Crippen molar-refractivity contribution in [2.75, 3.05) is 14.2 Å². The van der Waals surface area contributed by atoms with Gasteiger partial charge in [0.1, 0.15) is 17.2 Å². The van der Waals surface area contributed by atoms with Gasteiger partial charge in [-0.1, -0.05) is 0 Å². The first-order valence-corrected chi connectivity index (χ1v) is 6.82. The van der Waals surface area contributed by atoms with Crippen LogP contribution in [0.1, 0.15) is 0 Å². The van der Waals surface area contributed by atoms with Gasteiger partial charge >= 0.3 is 15.3 Å². The fourth-order valence-corrected chi connectivity index (χ4v) is 1.50. The van der Waals surface area contributed by atoms with Crippen LogP contribution in [0.4, 0.5) is 4.79 Å². The molecule has 0 aliphatic rings. The highest BCUT2D eigenvalue weighted by atomic mass is 35.7. The second kappa shape index (κ2) is 5.78. The summed E-state index contributed by atoms with van der Waals surface area (Å²) in [6.45, 7) is 0. The van der Waals surface area contributed by atoms with E-state index in [1.807, 2.05) is 0 Å². The van der Waals surface area contributed by atoms with Crippen LogP contribution in [0.2, 0.25) is 0 Å². The Hall–Kier alpha value is -1.67. The number of nitrogens with one attached hydrogen (secondary N) is 1. The molecule has 0 aromatic heterocycles. The predicted octanol–water partition coefficient (Wildman–Crippen LogP) is 1.28. The van der Waals surface area contributed by atoms with Crippen LogP contribution >= 0.6 is 10.7 Å². The van der Waals surface area contributed by atoms with Crippen LogP contribution in [0.3, 0.4) is 0 Å². The molecule has 1 aromatic carbocycles. The van der Waals surface area contributed by atoms with E-state index in [9.17, 15) is 13.2 Å². The molecule has 0 atom stereocenters. The average Bonchev–Trinajstić information content (AvgIpc) is 2.25. The summed E-state index contributed by atoms with van der Waals surface area (Å²) in [6, 6.07) is 4.31. The summed E-state index contributed by atoms with van der Waals surface area (Å²) in [5.74, 6) is 0.806. The van der Waals surface area contributed by atoms with E-state index in [1.54, 1.807) is 6.07 Å². The molecule has 1 amide bonds. The van der Waals surface area contributed by atoms with Gasteiger partial charge in [0, 0.05) is 28.9 Å². The van der Waals surface area contributed by atoms with E-state index < -0.39 is 15.3 Å². The first kappa shape index (κ1) is 14.4. The Bertz CT molecular complexity index is 522. The van der Waals surface area contributed by atoms with Crippen LogP contribution in [0.5, 0.6) is 17.2 Å². The molecule has 0 heterocycles. The molecule has 0 aliphatic heterocycles. The van der Waals surface area contributed by atoms with Crippen molar-refractivity contribution < 1.29 is 27.4 Å². The zero-order chi connectivity index (χ0) is 13.8. The predicted molar refractivity (Wildman–Crippen MR) is 63.5 cm³/mol. The summed E-state index contributed by atoms with van der Waals surface area (Å²) in [5, 5.41) is 0. The van der Waals surface area contributed by atoms with Gasteiger partial charge in [0.2, 0.25) is 0 Å². The van der Waals surface area contributed by atoms with Gasteiger partial charge in [0.15, 0.2) is 0 Å². The minimum absolute atomic E-state index is 0.0454. The lowest BCUT2D eigenvalue weighted by Crippen LogP contribution is -2.29. The van der Waals surface area contributed by atoms with Gasteiger partial charge in [-0.15, -0.1) is 0 Å². The third-order valence-electron chi connectivity index (χ3n) is 1.74. The Labute approximate surface area is 108 Å². The highest BCUT2D eigenvalue weighted by Crippen LogP contribution is 2.27. The Balaban J connectivity index is 2.87. The van der Waals surface area contributed by atoms with Crippen molar-refractivity contribution in [3.05, 3.63) is 18.2 Å². The topological polar surface area (TPSA) is 90.9 Å². The van der Waals surface area contributed by atoms with Crippen LogP contribution in [0.15, 0.2) is 18.2 Å². The van der Waals surface area contributed by atoms with E-state index in [4.69, 9.17) is 24.9 Å². The molecule has 7 nitrogen and oxygen atoms in total. The lowest BCUT2D eigenvalue weighted by Gasteiger charge is -2.08. The Morgan fingerprint density at radius 3 is 1.94 bits per heavy atom. The quantitative estimate of drug-likeness (QED) is 0.841. The van der Waals surface area contributed by atoms with Crippen molar-refractivity contribution in [3.8, 4) is 17.2 Å². The summed E-state index contributed by atoms with van der Waals surface area (Å²) in [7, 11) is 3.47. The van der Waals surface area contributed by atoms with E-state index >= 15 is 0 Å². The Kier molecular flexibility index (Phi) is 4.62. The summed E-state index contributed by atoms with van der Waals surface area (Å²) in [5.41, 5.74) is 0. The third-order valence-corrected chi connectivity index (χ3v) is 2.38. The van der Waals surface area contributed by atoms with E-state index in [2.05, 4.69) is 0 Å². The van der Waals surface area contributed by atoms with Gasteiger partial charge in [-0.25, -0.2) is 9.52 Å². The SMILES string of the molecule is COc1cc(OC)cc(OC(=O)NS(=O)(=O)Cl)c1. The maximum Gasteiger partial charge on any atom is 0.427 e. The van der Waals surface area contributed by atoms with Gasteiger partial charge in [0.05, 0.1) is 14.2 Å². The standard InChI is InChI=1S/C9H10ClNO6S/c1-15-6-3-7(16-2)5-8(4-6)17-9(12)11-18(10,13)14/h3-5H,1-2H3,(H,11,12). The molecule has 0 spiro atoms. The molecule has 100 valence electrons.